The molecule has 5 atom stereocenters. The summed E-state index contributed by atoms with van der Waals surface area (Å²) in [5.74, 6) is 1.29. The van der Waals surface area contributed by atoms with Crippen molar-refractivity contribution in [3.63, 3.8) is 0 Å². The lowest BCUT2D eigenvalue weighted by Gasteiger charge is -2.57. The van der Waals surface area contributed by atoms with Crippen LogP contribution in [0.25, 0.3) is 10.9 Å². The van der Waals surface area contributed by atoms with Crippen LogP contribution < -0.4 is 0 Å². The number of piperidine rings is 3. The van der Waals surface area contributed by atoms with Gasteiger partial charge in [0.25, 0.3) is 0 Å². The summed E-state index contributed by atoms with van der Waals surface area (Å²) >= 11 is 0. The van der Waals surface area contributed by atoms with E-state index in [1.165, 1.54) is 13.0 Å². The van der Waals surface area contributed by atoms with Crippen molar-refractivity contribution in [1.29, 1.82) is 0 Å². The summed E-state index contributed by atoms with van der Waals surface area (Å²) in [5, 5.41) is 12.4. The van der Waals surface area contributed by atoms with E-state index in [0.717, 1.165) is 40.5 Å². The molecule has 0 aliphatic carbocycles. The predicted octanol–water partition coefficient (Wildman–Crippen LogP) is 3.70. The Labute approximate surface area is 144 Å². The fraction of sp³-hybridized carbons (Fsp3) is 0.476. The number of nitrogens with zero attached hydrogens (tertiary/aromatic N) is 2. The molecule has 3 saturated heterocycles. The Morgan fingerprint density at radius 2 is 2.21 bits per heavy atom. The lowest BCUT2D eigenvalue weighted by Crippen LogP contribution is -2.68. The normalized spacial score (nSPS) is 33.5. The summed E-state index contributed by atoms with van der Waals surface area (Å²) < 4.78 is 1.03. The van der Waals surface area contributed by atoms with Crippen molar-refractivity contribution in [2.24, 2.45) is 11.8 Å². The molecule has 2 bridgehead atoms. The summed E-state index contributed by atoms with van der Waals surface area (Å²) in [6, 6.07) is 10.4. The largest absolute Gasteiger partial charge is 0.382 e. The SMILES string of the molecule is C=CC1C[N+]2(CC)CCC1C[C@@H]2[C@@H](O)c1ccnc2ccccc12. The monoisotopic (exact) mass is 323 g/mol. The third-order valence-corrected chi connectivity index (χ3v) is 6.67. The number of likely N-dealkylation sites (N-methyl/N-ethyl adjacent to an activating group) is 1. The van der Waals surface area contributed by atoms with Gasteiger partial charge in [-0.1, -0.05) is 24.3 Å². The fourth-order valence-electron chi connectivity index (χ4n) is 5.23. The highest BCUT2D eigenvalue weighted by molar-refractivity contribution is 5.82. The summed E-state index contributed by atoms with van der Waals surface area (Å²) in [6.07, 6.45) is 5.93. The number of hydrogen-bond acceptors (Lipinski definition) is 2. The van der Waals surface area contributed by atoms with Crippen LogP contribution in [0.5, 0.6) is 0 Å². The van der Waals surface area contributed by atoms with Gasteiger partial charge in [-0.3, -0.25) is 4.98 Å². The highest BCUT2D eigenvalue weighted by Gasteiger charge is 2.53. The number of aromatic nitrogens is 1. The van der Waals surface area contributed by atoms with E-state index in [1.807, 2.05) is 30.5 Å². The Bertz CT molecular complexity index is 753. The van der Waals surface area contributed by atoms with E-state index in [0.29, 0.717) is 11.8 Å². The smallest absolute Gasteiger partial charge is 0.131 e. The number of benzene rings is 1. The second kappa shape index (κ2) is 5.98. The van der Waals surface area contributed by atoms with Crippen molar-refractivity contribution in [1.82, 2.24) is 4.98 Å². The molecule has 126 valence electrons. The van der Waals surface area contributed by atoms with E-state index in [9.17, 15) is 5.11 Å². The van der Waals surface area contributed by atoms with Gasteiger partial charge in [-0.15, -0.1) is 6.58 Å². The van der Waals surface area contributed by atoms with Gasteiger partial charge >= 0.3 is 0 Å². The van der Waals surface area contributed by atoms with Gasteiger partial charge in [0, 0.05) is 30.3 Å². The zero-order chi connectivity index (χ0) is 16.7. The van der Waals surface area contributed by atoms with Crippen LogP contribution in [0.3, 0.4) is 0 Å². The Morgan fingerprint density at radius 3 is 3.00 bits per heavy atom. The van der Waals surface area contributed by atoms with Crippen LogP contribution in [0.15, 0.2) is 49.2 Å². The number of para-hydroxylation sites is 1. The maximum atomic E-state index is 11.4. The number of rotatable bonds is 4. The third kappa shape index (κ3) is 2.30. The number of aliphatic hydroxyl groups excluding tert-OH is 1. The lowest BCUT2D eigenvalue weighted by atomic mass is 9.71. The number of hydrogen-bond donors (Lipinski definition) is 1. The Balaban J connectivity index is 1.74. The molecular weight excluding hydrogens is 296 g/mol. The number of pyridine rings is 1. The zero-order valence-electron chi connectivity index (χ0n) is 14.4. The molecule has 2 aromatic rings. The van der Waals surface area contributed by atoms with Crippen LogP contribution in [-0.2, 0) is 0 Å². The van der Waals surface area contributed by atoms with E-state index in [-0.39, 0.29) is 6.04 Å². The van der Waals surface area contributed by atoms with Crippen molar-refractivity contribution in [2.75, 3.05) is 19.6 Å². The first kappa shape index (κ1) is 15.8. The first-order valence-corrected chi connectivity index (χ1v) is 9.18. The third-order valence-electron chi connectivity index (χ3n) is 6.67. The van der Waals surface area contributed by atoms with Crippen LogP contribution in [0, 0.1) is 11.8 Å². The molecular formula is C21H27N2O+. The fourth-order valence-corrected chi connectivity index (χ4v) is 5.23. The molecule has 3 fully saturated rings. The molecule has 0 radical (unpaired) electrons. The molecule has 0 saturated carbocycles. The highest BCUT2D eigenvalue weighted by Crippen LogP contribution is 2.46. The molecule has 3 aliphatic rings. The van der Waals surface area contributed by atoms with E-state index in [2.05, 4.69) is 30.6 Å². The van der Waals surface area contributed by atoms with Crippen LogP contribution in [0.4, 0.5) is 0 Å². The summed E-state index contributed by atoms with van der Waals surface area (Å²) in [5.41, 5.74) is 2.01. The number of fused-ring (bicyclic) bond motifs is 4. The van der Waals surface area contributed by atoms with Crippen LogP contribution in [0.1, 0.15) is 31.4 Å². The molecule has 0 spiro atoms. The van der Waals surface area contributed by atoms with E-state index in [1.54, 1.807) is 0 Å². The van der Waals surface area contributed by atoms with Crippen LogP contribution in [-0.4, -0.2) is 40.2 Å². The standard InChI is InChI=1S/C21H27N2O/c1-3-15-14-23(4-2)12-10-16(15)13-20(23)21(24)18-9-11-22-19-8-6-5-7-17(18)19/h3,5-9,11,15-16,20-21,24H,1,4,10,12-14H2,2H3/q+1/t15?,16?,20-,21+,23?/m1/s1. The minimum Gasteiger partial charge on any atom is -0.382 e. The molecule has 5 rings (SSSR count). The average Bonchev–Trinajstić information content (AvgIpc) is 2.67. The van der Waals surface area contributed by atoms with Gasteiger partial charge in [-0.2, -0.15) is 0 Å². The average molecular weight is 323 g/mol. The Morgan fingerprint density at radius 1 is 1.38 bits per heavy atom. The van der Waals surface area contributed by atoms with Gasteiger partial charge in [-0.05, 0) is 30.5 Å². The summed E-state index contributed by atoms with van der Waals surface area (Å²) in [7, 11) is 0. The molecule has 3 unspecified atom stereocenters. The minimum atomic E-state index is -0.425. The van der Waals surface area contributed by atoms with E-state index in [4.69, 9.17) is 0 Å². The maximum Gasteiger partial charge on any atom is 0.131 e. The minimum absolute atomic E-state index is 0.288. The van der Waals surface area contributed by atoms with Gasteiger partial charge in [0.05, 0.1) is 25.2 Å². The van der Waals surface area contributed by atoms with Crippen LogP contribution >= 0.6 is 0 Å². The van der Waals surface area contributed by atoms with Crippen molar-refractivity contribution in [3.05, 3.63) is 54.7 Å². The van der Waals surface area contributed by atoms with Gasteiger partial charge in [-0.25, -0.2) is 0 Å². The van der Waals surface area contributed by atoms with Gasteiger partial charge < -0.3 is 9.59 Å². The van der Waals surface area contributed by atoms with Crippen molar-refractivity contribution in [2.45, 2.75) is 31.9 Å². The van der Waals surface area contributed by atoms with Gasteiger partial charge in [0.2, 0.25) is 0 Å². The predicted molar refractivity (Wildman–Crippen MR) is 97.4 cm³/mol. The highest BCUT2D eigenvalue weighted by atomic mass is 16.3. The summed E-state index contributed by atoms with van der Waals surface area (Å²) in [6.45, 7) is 9.74. The lowest BCUT2D eigenvalue weighted by molar-refractivity contribution is -0.971. The van der Waals surface area contributed by atoms with E-state index < -0.39 is 6.10 Å². The molecule has 1 aromatic carbocycles. The Hall–Kier alpha value is -1.71. The number of aliphatic hydroxyl groups is 1. The Kier molecular flexibility index (Phi) is 3.93. The van der Waals surface area contributed by atoms with Crippen molar-refractivity contribution < 1.29 is 9.59 Å². The maximum absolute atomic E-state index is 11.4. The number of quaternary nitrogens is 1. The second-order valence-corrected chi connectivity index (χ2v) is 7.55. The first-order chi connectivity index (χ1) is 11.7. The van der Waals surface area contributed by atoms with Gasteiger partial charge in [0.1, 0.15) is 12.1 Å². The quantitative estimate of drug-likeness (QED) is 0.687. The summed E-state index contributed by atoms with van der Waals surface area (Å²) in [4.78, 5) is 4.45. The van der Waals surface area contributed by atoms with Gasteiger partial charge in [0.15, 0.2) is 0 Å². The molecule has 3 nitrogen and oxygen atoms in total. The first-order valence-electron chi connectivity index (χ1n) is 9.18. The molecule has 3 heteroatoms. The van der Waals surface area contributed by atoms with E-state index >= 15 is 0 Å². The zero-order valence-corrected chi connectivity index (χ0v) is 14.4. The molecule has 4 heterocycles. The molecule has 1 N–H and O–H groups in total. The molecule has 1 aromatic heterocycles. The molecule has 3 aliphatic heterocycles. The molecule has 24 heavy (non-hydrogen) atoms. The topological polar surface area (TPSA) is 33.1 Å². The second-order valence-electron chi connectivity index (χ2n) is 7.55. The molecule has 0 amide bonds. The van der Waals surface area contributed by atoms with Crippen molar-refractivity contribution >= 4 is 10.9 Å². The van der Waals surface area contributed by atoms with Crippen LogP contribution in [0.2, 0.25) is 0 Å². The van der Waals surface area contributed by atoms with Crippen molar-refractivity contribution in [3.8, 4) is 0 Å².